The van der Waals surface area contributed by atoms with E-state index in [1.54, 1.807) is 6.92 Å². The first-order chi connectivity index (χ1) is 6.90. The van der Waals surface area contributed by atoms with Crippen LogP contribution >= 0.6 is 0 Å². The number of carboxylic acids is 2. The van der Waals surface area contributed by atoms with Crippen molar-refractivity contribution < 1.29 is 24.6 Å². The quantitative estimate of drug-likeness (QED) is 0.666. The molecule has 2 N–H and O–H groups in total. The molecule has 5 nitrogen and oxygen atoms in total. The number of carboxylic acid groups (broad SMARTS) is 2. The molecule has 2 unspecified atom stereocenters. The third kappa shape index (κ3) is 4.58. The Balaban J connectivity index is 4.55. The molecule has 0 aliphatic carbocycles. The van der Waals surface area contributed by atoms with Crippen molar-refractivity contribution in [1.82, 2.24) is 0 Å². The van der Waals surface area contributed by atoms with Crippen molar-refractivity contribution in [2.75, 3.05) is 0 Å². The molecule has 0 saturated carbocycles. The minimum absolute atomic E-state index is 0.0927. The lowest BCUT2D eigenvalue weighted by molar-refractivity contribution is -0.147. The van der Waals surface area contributed by atoms with Crippen molar-refractivity contribution in [3.8, 4) is 0 Å². The Morgan fingerprint density at radius 3 is 1.93 bits per heavy atom. The lowest BCUT2D eigenvalue weighted by Crippen LogP contribution is -2.28. The first kappa shape index (κ1) is 13.6. The Labute approximate surface area is 88.1 Å². The minimum Gasteiger partial charge on any atom is -0.481 e. The first-order valence-electron chi connectivity index (χ1n) is 4.85. The Hall–Kier alpha value is -1.39. The second-order valence-corrected chi connectivity index (χ2v) is 3.50. The zero-order valence-corrected chi connectivity index (χ0v) is 8.90. The standard InChI is InChI=1S/C10H16O5/c1-3-7(10(14)15)8(6(2)11)4-5-9(12)13/h7-8H,3-5H2,1-2H3,(H,12,13)(H,14,15). The van der Waals surface area contributed by atoms with Gasteiger partial charge in [0.25, 0.3) is 0 Å². The third-order valence-electron chi connectivity index (χ3n) is 2.43. The number of hydrogen-bond acceptors (Lipinski definition) is 3. The maximum atomic E-state index is 11.2. The molecule has 0 aliphatic heterocycles. The summed E-state index contributed by atoms with van der Waals surface area (Å²) in [5.74, 6) is -3.78. The average Bonchev–Trinajstić information content (AvgIpc) is 2.10. The molecule has 0 fully saturated rings. The number of ketones is 1. The summed E-state index contributed by atoms with van der Waals surface area (Å²) in [6.45, 7) is 2.98. The second kappa shape index (κ2) is 6.16. The van der Waals surface area contributed by atoms with Crippen LogP contribution in [0.25, 0.3) is 0 Å². The van der Waals surface area contributed by atoms with Gasteiger partial charge in [0, 0.05) is 12.3 Å². The van der Waals surface area contributed by atoms with Gasteiger partial charge in [-0.3, -0.25) is 14.4 Å². The van der Waals surface area contributed by atoms with Gasteiger partial charge in [0.2, 0.25) is 0 Å². The predicted octanol–water partition coefficient (Wildman–Crippen LogP) is 1.17. The van der Waals surface area contributed by atoms with Crippen LogP contribution in [0.2, 0.25) is 0 Å². The van der Waals surface area contributed by atoms with Gasteiger partial charge in [-0.1, -0.05) is 6.92 Å². The summed E-state index contributed by atoms with van der Waals surface area (Å²) >= 11 is 0. The third-order valence-corrected chi connectivity index (χ3v) is 2.43. The maximum Gasteiger partial charge on any atom is 0.307 e. The predicted molar refractivity (Wildman–Crippen MR) is 52.5 cm³/mol. The molecule has 0 rings (SSSR count). The van der Waals surface area contributed by atoms with Gasteiger partial charge in [-0.2, -0.15) is 0 Å². The lowest BCUT2D eigenvalue weighted by Gasteiger charge is -2.19. The highest BCUT2D eigenvalue weighted by Crippen LogP contribution is 2.22. The van der Waals surface area contributed by atoms with Gasteiger partial charge in [0.15, 0.2) is 0 Å². The van der Waals surface area contributed by atoms with Crippen LogP contribution in [-0.2, 0) is 14.4 Å². The van der Waals surface area contributed by atoms with Crippen molar-refractivity contribution >= 4 is 17.7 Å². The van der Waals surface area contributed by atoms with E-state index in [0.717, 1.165) is 0 Å². The molecule has 0 aromatic rings. The number of carbonyl (C=O) groups excluding carboxylic acids is 1. The van der Waals surface area contributed by atoms with Gasteiger partial charge in [0.05, 0.1) is 5.92 Å². The van der Waals surface area contributed by atoms with E-state index >= 15 is 0 Å². The summed E-state index contributed by atoms with van der Waals surface area (Å²) in [5.41, 5.74) is 0. The molecule has 0 saturated heterocycles. The van der Waals surface area contributed by atoms with Crippen LogP contribution in [-0.4, -0.2) is 27.9 Å². The van der Waals surface area contributed by atoms with Gasteiger partial charge >= 0.3 is 11.9 Å². The highest BCUT2D eigenvalue weighted by atomic mass is 16.4. The normalized spacial score (nSPS) is 14.3. The first-order valence-corrected chi connectivity index (χ1v) is 4.85. The van der Waals surface area contributed by atoms with Gasteiger partial charge in [-0.25, -0.2) is 0 Å². The van der Waals surface area contributed by atoms with E-state index in [2.05, 4.69) is 0 Å². The topological polar surface area (TPSA) is 91.7 Å². The number of Topliss-reactive ketones (excluding diaryl/α,β-unsaturated/α-hetero) is 1. The van der Waals surface area contributed by atoms with Crippen LogP contribution < -0.4 is 0 Å². The Morgan fingerprint density at radius 2 is 1.67 bits per heavy atom. The molecule has 86 valence electrons. The smallest absolute Gasteiger partial charge is 0.307 e. The molecule has 0 spiro atoms. The SMILES string of the molecule is CCC(C(=O)O)C(CCC(=O)O)C(C)=O. The Bertz CT molecular complexity index is 259. The van der Waals surface area contributed by atoms with Gasteiger partial charge < -0.3 is 10.2 Å². The average molecular weight is 216 g/mol. The number of rotatable bonds is 7. The van der Waals surface area contributed by atoms with E-state index in [0.29, 0.717) is 6.42 Å². The number of carbonyl (C=O) groups is 3. The highest BCUT2D eigenvalue weighted by Gasteiger charge is 2.30. The van der Waals surface area contributed by atoms with Crippen LogP contribution in [0, 0.1) is 11.8 Å². The second-order valence-electron chi connectivity index (χ2n) is 3.50. The minimum atomic E-state index is -1.04. The van der Waals surface area contributed by atoms with Crippen LogP contribution in [0.3, 0.4) is 0 Å². The highest BCUT2D eigenvalue weighted by molar-refractivity contribution is 5.84. The Kier molecular flexibility index (Phi) is 5.59. The van der Waals surface area contributed by atoms with Gasteiger partial charge in [0.1, 0.15) is 5.78 Å². The summed E-state index contributed by atoms with van der Waals surface area (Å²) in [6, 6.07) is 0. The molecule has 0 heterocycles. The zero-order valence-electron chi connectivity index (χ0n) is 8.90. The van der Waals surface area contributed by atoms with Gasteiger partial charge in [-0.15, -0.1) is 0 Å². The van der Waals surface area contributed by atoms with E-state index in [4.69, 9.17) is 10.2 Å². The number of hydrogen-bond donors (Lipinski definition) is 2. The fraction of sp³-hybridized carbons (Fsp3) is 0.700. The molecule has 5 heteroatoms. The Morgan fingerprint density at radius 1 is 1.13 bits per heavy atom. The van der Waals surface area contributed by atoms with E-state index < -0.39 is 23.8 Å². The summed E-state index contributed by atoms with van der Waals surface area (Å²) in [7, 11) is 0. The number of aliphatic carboxylic acids is 2. The van der Waals surface area contributed by atoms with Crippen LogP contribution in [0.15, 0.2) is 0 Å². The van der Waals surface area contributed by atoms with Crippen molar-refractivity contribution in [2.45, 2.75) is 33.1 Å². The molecule has 0 aromatic carbocycles. The maximum absolute atomic E-state index is 11.2. The molecule has 0 amide bonds. The van der Waals surface area contributed by atoms with Crippen molar-refractivity contribution in [3.05, 3.63) is 0 Å². The fourth-order valence-electron chi connectivity index (χ4n) is 1.60. The van der Waals surface area contributed by atoms with E-state index in [9.17, 15) is 14.4 Å². The van der Waals surface area contributed by atoms with E-state index in [-0.39, 0.29) is 18.6 Å². The van der Waals surface area contributed by atoms with E-state index in [1.807, 2.05) is 0 Å². The molecule has 0 radical (unpaired) electrons. The van der Waals surface area contributed by atoms with Crippen LogP contribution in [0.5, 0.6) is 0 Å². The fourth-order valence-corrected chi connectivity index (χ4v) is 1.60. The molecule has 0 bridgehead atoms. The largest absolute Gasteiger partial charge is 0.481 e. The molecular weight excluding hydrogens is 200 g/mol. The summed E-state index contributed by atoms with van der Waals surface area (Å²) in [6.07, 6.45) is 0.253. The molecular formula is C10H16O5. The molecule has 0 aliphatic rings. The summed E-state index contributed by atoms with van der Waals surface area (Å²) in [5, 5.41) is 17.3. The molecule has 15 heavy (non-hydrogen) atoms. The van der Waals surface area contributed by atoms with Crippen molar-refractivity contribution in [2.24, 2.45) is 11.8 Å². The monoisotopic (exact) mass is 216 g/mol. The van der Waals surface area contributed by atoms with Crippen molar-refractivity contribution in [1.29, 1.82) is 0 Å². The summed E-state index contributed by atoms with van der Waals surface area (Å²) in [4.78, 5) is 32.4. The van der Waals surface area contributed by atoms with Crippen LogP contribution in [0.4, 0.5) is 0 Å². The van der Waals surface area contributed by atoms with Crippen molar-refractivity contribution in [3.63, 3.8) is 0 Å². The van der Waals surface area contributed by atoms with E-state index in [1.165, 1.54) is 6.92 Å². The van der Waals surface area contributed by atoms with Crippen LogP contribution in [0.1, 0.15) is 33.1 Å². The molecule has 2 atom stereocenters. The summed E-state index contributed by atoms with van der Waals surface area (Å²) < 4.78 is 0. The zero-order chi connectivity index (χ0) is 12.0. The molecule has 0 aromatic heterocycles. The lowest BCUT2D eigenvalue weighted by atomic mass is 9.84. The van der Waals surface area contributed by atoms with Gasteiger partial charge in [-0.05, 0) is 19.8 Å².